The summed E-state index contributed by atoms with van der Waals surface area (Å²) in [6.45, 7) is -0.249. The fourth-order valence-corrected chi connectivity index (χ4v) is 1.72. The van der Waals surface area contributed by atoms with Crippen LogP contribution in [0.5, 0.6) is 11.5 Å². The third kappa shape index (κ3) is 4.10. The van der Waals surface area contributed by atoms with Crippen molar-refractivity contribution < 1.29 is 18.7 Å². The Hall–Kier alpha value is -2.76. The molecule has 0 aromatic heterocycles. The molecule has 2 rings (SSSR count). The number of halogens is 1. The number of amides is 1. The SMILES string of the molecule is COc1ccc(N)cc1NC(=O)COc1cccc(F)c1. The first-order chi connectivity index (χ1) is 10.1. The van der Waals surface area contributed by atoms with E-state index in [4.69, 9.17) is 15.2 Å². The number of hydrogen-bond donors (Lipinski definition) is 2. The van der Waals surface area contributed by atoms with E-state index < -0.39 is 11.7 Å². The van der Waals surface area contributed by atoms with Crippen LogP contribution < -0.4 is 20.5 Å². The summed E-state index contributed by atoms with van der Waals surface area (Å²) in [6, 6.07) is 10.5. The van der Waals surface area contributed by atoms with E-state index in [0.717, 1.165) is 0 Å². The quantitative estimate of drug-likeness (QED) is 0.829. The standard InChI is InChI=1S/C15H15FN2O3/c1-20-14-6-5-11(17)8-13(14)18-15(19)9-21-12-4-2-3-10(16)7-12/h2-8H,9,17H2,1H3,(H,18,19). The second-order valence-corrected chi connectivity index (χ2v) is 4.25. The van der Waals surface area contributed by atoms with Crippen LogP contribution in [0.3, 0.4) is 0 Å². The zero-order valence-electron chi connectivity index (χ0n) is 11.4. The van der Waals surface area contributed by atoms with Crippen LogP contribution in [-0.4, -0.2) is 19.6 Å². The molecule has 0 heterocycles. The number of anilines is 2. The first kappa shape index (κ1) is 14.6. The third-order valence-electron chi connectivity index (χ3n) is 2.66. The molecule has 0 saturated heterocycles. The minimum Gasteiger partial charge on any atom is -0.495 e. The van der Waals surface area contributed by atoms with Gasteiger partial charge < -0.3 is 20.5 Å². The summed E-state index contributed by atoms with van der Waals surface area (Å²) in [4.78, 5) is 11.8. The van der Waals surface area contributed by atoms with Crippen molar-refractivity contribution in [3.05, 3.63) is 48.3 Å². The predicted molar refractivity (Wildman–Crippen MR) is 77.9 cm³/mol. The minimum atomic E-state index is -0.426. The van der Waals surface area contributed by atoms with Crippen molar-refractivity contribution in [2.75, 3.05) is 24.8 Å². The number of carbonyl (C=O) groups is 1. The van der Waals surface area contributed by atoms with Gasteiger partial charge in [-0.2, -0.15) is 0 Å². The average Bonchev–Trinajstić information content (AvgIpc) is 2.45. The Morgan fingerprint density at radius 3 is 2.81 bits per heavy atom. The summed E-state index contributed by atoms with van der Waals surface area (Å²) in [6.07, 6.45) is 0. The lowest BCUT2D eigenvalue weighted by Gasteiger charge is -2.11. The fourth-order valence-electron chi connectivity index (χ4n) is 1.72. The third-order valence-corrected chi connectivity index (χ3v) is 2.66. The van der Waals surface area contributed by atoms with Gasteiger partial charge in [-0.1, -0.05) is 6.07 Å². The number of nitrogen functional groups attached to an aromatic ring is 1. The van der Waals surface area contributed by atoms with Crippen LogP contribution in [0.4, 0.5) is 15.8 Å². The summed E-state index contributed by atoms with van der Waals surface area (Å²) >= 11 is 0. The molecular formula is C15H15FN2O3. The van der Waals surface area contributed by atoms with Crippen molar-refractivity contribution in [3.8, 4) is 11.5 Å². The number of ether oxygens (including phenoxy) is 2. The van der Waals surface area contributed by atoms with Gasteiger partial charge in [0.1, 0.15) is 17.3 Å². The molecular weight excluding hydrogens is 275 g/mol. The highest BCUT2D eigenvalue weighted by Gasteiger charge is 2.09. The molecule has 21 heavy (non-hydrogen) atoms. The normalized spacial score (nSPS) is 10.0. The number of nitrogens with two attached hydrogens (primary N) is 1. The Balaban J connectivity index is 1.97. The van der Waals surface area contributed by atoms with Crippen molar-refractivity contribution >= 4 is 17.3 Å². The Morgan fingerprint density at radius 1 is 1.29 bits per heavy atom. The van der Waals surface area contributed by atoms with Gasteiger partial charge in [0.05, 0.1) is 12.8 Å². The van der Waals surface area contributed by atoms with Gasteiger partial charge >= 0.3 is 0 Å². The molecule has 0 spiro atoms. The molecule has 0 aliphatic rings. The fraction of sp³-hybridized carbons (Fsp3) is 0.133. The maximum Gasteiger partial charge on any atom is 0.262 e. The lowest BCUT2D eigenvalue weighted by molar-refractivity contribution is -0.118. The van der Waals surface area contributed by atoms with E-state index in [1.807, 2.05) is 0 Å². The highest BCUT2D eigenvalue weighted by atomic mass is 19.1. The number of nitrogens with one attached hydrogen (secondary N) is 1. The van der Waals surface area contributed by atoms with Gasteiger partial charge in [0.25, 0.3) is 5.91 Å². The van der Waals surface area contributed by atoms with Crippen LogP contribution in [0, 0.1) is 5.82 Å². The van der Waals surface area contributed by atoms with Gasteiger partial charge in [0, 0.05) is 11.8 Å². The molecule has 0 radical (unpaired) electrons. The number of carbonyl (C=O) groups excluding carboxylic acids is 1. The van der Waals surface area contributed by atoms with Crippen LogP contribution in [0.1, 0.15) is 0 Å². The van der Waals surface area contributed by atoms with Crippen molar-refractivity contribution in [1.82, 2.24) is 0 Å². The van der Waals surface area contributed by atoms with Gasteiger partial charge in [0.15, 0.2) is 6.61 Å². The maximum absolute atomic E-state index is 13.0. The average molecular weight is 290 g/mol. The molecule has 5 nitrogen and oxygen atoms in total. The van der Waals surface area contributed by atoms with Gasteiger partial charge in [-0.3, -0.25) is 4.79 Å². The number of rotatable bonds is 5. The van der Waals surface area contributed by atoms with Crippen molar-refractivity contribution in [2.45, 2.75) is 0 Å². The molecule has 2 aromatic carbocycles. The molecule has 0 aliphatic carbocycles. The Kier molecular flexibility index (Phi) is 4.61. The maximum atomic E-state index is 13.0. The summed E-state index contributed by atoms with van der Waals surface area (Å²) in [5.74, 6) is -0.0541. The molecule has 2 aromatic rings. The van der Waals surface area contributed by atoms with Gasteiger partial charge in [-0.05, 0) is 30.3 Å². The van der Waals surface area contributed by atoms with E-state index in [0.29, 0.717) is 17.1 Å². The van der Waals surface area contributed by atoms with E-state index in [1.54, 1.807) is 24.3 Å². The highest BCUT2D eigenvalue weighted by molar-refractivity contribution is 5.93. The smallest absolute Gasteiger partial charge is 0.262 e. The van der Waals surface area contributed by atoms with Gasteiger partial charge in [-0.25, -0.2) is 4.39 Å². The monoisotopic (exact) mass is 290 g/mol. The first-order valence-electron chi connectivity index (χ1n) is 6.20. The number of benzene rings is 2. The highest BCUT2D eigenvalue weighted by Crippen LogP contribution is 2.26. The van der Waals surface area contributed by atoms with Gasteiger partial charge in [-0.15, -0.1) is 0 Å². The van der Waals surface area contributed by atoms with Crippen LogP contribution in [-0.2, 0) is 4.79 Å². The van der Waals surface area contributed by atoms with E-state index >= 15 is 0 Å². The molecule has 0 bridgehead atoms. The van der Waals surface area contributed by atoms with Crippen molar-refractivity contribution in [1.29, 1.82) is 0 Å². The van der Waals surface area contributed by atoms with Crippen LogP contribution >= 0.6 is 0 Å². The number of methoxy groups -OCH3 is 1. The van der Waals surface area contributed by atoms with Gasteiger partial charge in [0.2, 0.25) is 0 Å². The summed E-state index contributed by atoms with van der Waals surface area (Å²) in [5.41, 5.74) is 6.61. The van der Waals surface area contributed by atoms with Crippen LogP contribution in [0.25, 0.3) is 0 Å². The second kappa shape index (κ2) is 6.60. The molecule has 0 saturated carbocycles. The lowest BCUT2D eigenvalue weighted by atomic mass is 10.2. The van der Waals surface area contributed by atoms with Crippen molar-refractivity contribution in [3.63, 3.8) is 0 Å². The molecule has 0 aliphatic heterocycles. The first-order valence-corrected chi connectivity index (χ1v) is 6.20. The zero-order chi connectivity index (χ0) is 15.2. The topological polar surface area (TPSA) is 73.6 Å². The Labute approximate surface area is 121 Å². The van der Waals surface area contributed by atoms with Crippen LogP contribution in [0.2, 0.25) is 0 Å². The zero-order valence-corrected chi connectivity index (χ0v) is 11.4. The van der Waals surface area contributed by atoms with Crippen molar-refractivity contribution in [2.24, 2.45) is 0 Å². The molecule has 1 amide bonds. The van der Waals surface area contributed by atoms with E-state index in [2.05, 4.69) is 5.32 Å². The molecule has 0 fully saturated rings. The summed E-state index contributed by atoms with van der Waals surface area (Å²) in [5, 5.41) is 2.62. The van der Waals surface area contributed by atoms with E-state index in [-0.39, 0.29) is 12.4 Å². The molecule has 0 atom stereocenters. The number of hydrogen-bond acceptors (Lipinski definition) is 4. The van der Waals surface area contributed by atoms with E-state index in [1.165, 1.54) is 25.3 Å². The second-order valence-electron chi connectivity index (χ2n) is 4.25. The minimum absolute atomic E-state index is 0.249. The largest absolute Gasteiger partial charge is 0.495 e. The predicted octanol–water partition coefficient (Wildman–Crippen LogP) is 2.43. The molecule has 3 N–H and O–H groups in total. The Morgan fingerprint density at radius 2 is 2.10 bits per heavy atom. The molecule has 0 unspecified atom stereocenters. The Bertz CT molecular complexity index is 647. The molecule has 110 valence electrons. The summed E-state index contributed by atoms with van der Waals surface area (Å²) < 4.78 is 23.3. The van der Waals surface area contributed by atoms with E-state index in [9.17, 15) is 9.18 Å². The lowest BCUT2D eigenvalue weighted by Crippen LogP contribution is -2.20. The van der Waals surface area contributed by atoms with Crippen LogP contribution in [0.15, 0.2) is 42.5 Å². The molecule has 6 heteroatoms. The summed E-state index contributed by atoms with van der Waals surface area (Å²) in [7, 11) is 1.49.